The van der Waals surface area contributed by atoms with E-state index >= 15 is 0 Å². The van der Waals surface area contributed by atoms with E-state index in [1.165, 1.54) is 6.39 Å². The Balaban J connectivity index is 1.63. The summed E-state index contributed by atoms with van der Waals surface area (Å²) in [5.41, 5.74) is 0.333. The van der Waals surface area contributed by atoms with Crippen LogP contribution < -0.4 is 0 Å². The number of likely N-dealkylation sites (tertiary alicyclic amines) is 1. The number of nitrogens with zero attached hydrogens (tertiary/aromatic N) is 2. The highest BCUT2D eigenvalue weighted by atomic mass is 16.6. The zero-order valence-corrected chi connectivity index (χ0v) is 15.4. The molecule has 138 valence electrons. The third-order valence-electron chi connectivity index (χ3n) is 4.74. The molecule has 1 saturated carbocycles. The maximum Gasteiger partial charge on any atom is 0.306 e. The lowest BCUT2D eigenvalue weighted by atomic mass is 9.97. The molecular weight excluding hydrogens is 320 g/mol. The molecule has 25 heavy (non-hydrogen) atoms. The first-order chi connectivity index (χ1) is 11.8. The fraction of sp³-hybridized carbons (Fsp3) is 0.737. The molecule has 1 unspecified atom stereocenters. The van der Waals surface area contributed by atoms with Crippen LogP contribution in [0.4, 0.5) is 0 Å². The highest BCUT2D eigenvalue weighted by Crippen LogP contribution is 2.41. The van der Waals surface area contributed by atoms with E-state index in [1.54, 1.807) is 0 Å². The molecule has 0 radical (unpaired) electrons. The standard InChI is InChI=1S/C19H28N2O4/c1-19(2,3)25-15(22)10-9-14-6-4-5-11-21(14)18(23)17-16(13-7-8-13)20-12-24-17/h12-14H,4-11H2,1-3H3. The summed E-state index contributed by atoms with van der Waals surface area (Å²) < 4.78 is 10.8. The molecule has 1 aromatic rings. The number of amides is 1. The summed E-state index contributed by atoms with van der Waals surface area (Å²) >= 11 is 0. The van der Waals surface area contributed by atoms with E-state index < -0.39 is 5.60 Å². The predicted molar refractivity (Wildman–Crippen MR) is 92.2 cm³/mol. The summed E-state index contributed by atoms with van der Waals surface area (Å²) in [7, 11) is 0. The third-order valence-corrected chi connectivity index (χ3v) is 4.74. The van der Waals surface area contributed by atoms with Crippen molar-refractivity contribution in [1.29, 1.82) is 0 Å². The smallest absolute Gasteiger partial charge is 0.306 e. The van der Waals surface area contributed by atoms with Gasteiger partial charge in [0.25, 0.3) is 5.91 Å². The fourth-order valence-corrected chi connectivity index (χ4v) is 3.44. The summed E-state index contributed by atoms with van der Waals surface area (Å²) in [4.78, 5) is 31.1. The first kappa shape index (κ1) is 18.0. The van der Waals surface area contributed by atoms with Crippen molar-refractivity contribution in [2.45, 2.75) is 83.3 Å². The molecule has 1 amide bonds. The Morgan fingerprint density at radius 3 is 2.72 bits per heavy atom. The molecule has 6 nitrogen and oxygen atoms in total. The molecule has 1 saturated heterocycles. The van der Waals surface area contributed by atoms with E-state index in [1.807, 2.05) is 25.7 Å². The molecule has 1 aromatic heterocycles. The summed E-state index contributed by atoms with van der Waals surface area (Å²) in [5, 5.41) is 0. The Bertz CT molecular complexity index is 628. The SMILES string of the molecule is CC(C)(C)OC(=O)CCC1CCCCN1C(=O)c1ocnc1C1CC1. The Morgan fingerprint density at radius 2 is 2.04 bits per heavy atom. The van der Waals surface area contributed by atoms with Crippen LogP contribution in [-0.2, 0) is 9.53 Å². The van der Waals surface area contributed by atoms with Gasteiger partial charge in [0.05, 0.1) is 5.69 Å². The average molecular weight is 348 g/mol. The maximum atomic E-state index is 13.0. The molecule has 1 aliphatic carbocycles. The van der Waals surface area contributed by atoms with Crippen LogP contribution in [-0.4, -0.2) is 39.9 Å². The van der Waals surface area contributed by atoms with Crippen molar-refractivity contribution in [1.82, 2.24) is 9.88 Å². The number of carbonyl (C=O) groups excluding carboxylic acids is 2. The molecule has 0 spiro atoms. The Morgan fingerprint density at radius 1 is 1.28 bits per heavy atom. The molecule has 2 aliphatic rings. The number of carbonyl (C=O) groups is 2. The van der Waals surface area contributed by atoms with E-state index in [0.29, 0.717) is 31.1 Å². The third kappa shape index (κ3) is 4.61. The van der Waals surface area contributed by atoms with Gasteiger partial charge in [0.1, 0.15) is 5.60 Å². The summed E-state index contributed by atoms with van der Waals surface area (Å²) in [5.74, 6) is 0.492. The molecule has 1 atom stereocenters. The monoisotopic (exact) mass is 348 g/mol. The molecule has 2 fully saturated rings. The minimum Gasteiger partial charge on any atom is -0.460 e. The number of aromatic nitrogens is 1. The van der Waals surface area contributed by atoms with Gasteiger partial charge in [-0.15, -0.1) is 0 Å². The largest absolute Gasteiger partial charge is 0.460 e. The van der Waals surface area contributed by atoms with Crippen LogP contribution in [0.2, 0.25) is 0 Å². The lowest BCUT2D eigenvalue weighted by Crippen LogP contribution is -2.44. The van der Waals surface area contributed by atoms with Crippen molar-refractivity contribution < 1.29 is 18.7 Å². The number of oxazole rings is 1. The van der Waals surface area contributed by atoms with Crippen LogP contribution in [0.1, 0.15) is 87.9 Å². The van der Waals surface area contributed by atoms with Crippen molar-refractivity contribution in [2.75, 3.05) is 6.54 Å². The zero-order valence-electron chi connectivity index (χ0n) is 15.4. The first-order valence-corrected chi connectivity index (χ1v) is 9.31. The second-order valence-corrected chi connectivity index (χ2v) is 8.11. The van der Waals surface area contributed by atoms with Gasteiger partial charge in [-0.1, -0.05) is 0 Å². The number of hydrogen-bond donors (Lipinski definition) is 0. The van der Waals surface area contributed by atoms with Gasteiger partial charge in [0.15, 0.2) is 6.39 Å². The Kier molecular flexibility index (Phi) is 5.16. The second kappa shape index (κ2) is 7.18. The molecule has 3 rings (SSSR count). The van der Waals surface area contributed by atoms with Crippen LogP contribution >= 0.6 is 0 Å². The highest BCUT2D eigenvalue weighted by Gasteiger charge is 2.36. The van der Waals surface area contributed by atoms with Gasteiger partial charge in [-0.05, 0) is 59.3 Å². The van der Waals surface area contributed by atoms with Crippen LogP contribution in [0.3, 0.4) is 0 Å². The zero-order chi connectivity index (χ0) is 18.0. The Hall–Kier alpha value is -1.85. The molecule has 6 heteroatoms. The molecule has 1 aliphatic heterocycles. The van der Waals surface area contributed by atoms with Gasteiger partial charge in [-0.25, -0.2) is 4.98 Å². The van der Waals surface area contributed by atoms with Gasteiger partial charge in [0, 0.05) is 24.9 Å². The normalized spacial score (nSPS) is 21.2. The fourth-order valence-electron chi connectivity index (χ4n) is 3.44. The van der Waals surface area contributed by atoms with Gasteiger partial charge < -0.3 is 14.1 Å². The lowest BCUT2D eigenvalue weighted by Gasteiger charge is -2.35. The molecular formula is C19H28N2O4. The van der Waals surface area contributed by atoms with Crippen LogP contribution in [0.5, 0.6) is 0 Å². The van der Waals surface area contributed by atoms with Crippen molar-refractivity contribution >= 4 is 11.9 Å². The van der Waals surface area contributed by atoms with Crippen molar-refractivity contribution in [3.05, 3.63) is 17.8 Å². The van der Waals surface area contributed by atoms with E-state index in [2.05, 4.69) is 4.98 Å². The van der Waals surface area contributed by atoms with Crippen molar-refractivity contribution in [3.63, 3.8) is 0 Å². The van der Waals surface area contributed by atoms with Gasteiger partial charge in [-0.2, -0.15) is 0 Å². The minimum atomic E-state index is -0.474. The summed E-state index contributed by atoms with van der Waals surface area (Å²) in [6, 6.07) is 0.0610. The molecule has 2 heterocycles. The van der Waals surface area contributed by atoms with Crippen molar-refractivity contribution in [2.24, 2.45) is 0 Å². The quantitative estimate of drug-likeness (QED) is 0.759. The predicted octanol–water partition coefficient (Wildman–Crippen LogP) is 3.67. The molecule has 0 bridgehead atoms. The van der Waals surface area contributed by atoms with Gasteiger partial charge >= 0.3 is 5.97 Å². The Labute approximate surface area is 148 Å². The molecule has 0 aromatic carbocycles. The van der Waals surface area contributed by atoms with E-state index in [4.69, 9.17) is 9.15 Å². The minimum absolute atomic E-state index is 0.0610. The molecule has 0 N–H and O–H groups in total. The van der Waals surface area contributed by atoms with E-state index in [9.17, 15) is 9.59 Å². The van der Waals surface area contributed by atoms with E-state index in [-0.39, 0.29) is 17.9 Å². The van der Waals surface area contributed by atoms with Crippen molar-refractivity contribution in [3.8, 4) is 0 Å². The van der Waals surface area contributed by atoms with Crippen LogP contribution in [0.15, 0.2) is 10.8 Å². The summed E-state index contributed by atoms with van der Waals surface area (Å²) in [6.07, 6.45) is 7.48. The average Bonchev–Trinajstić information content (AvgIpc) is 3.28. The van der Waals surface area contributed by atoms with Crippen LogP contribution in [0.25, 0.3) is 0 Å². The van der Waals surface area contributed by atoms with Gasteiger partial charge in [0.2, 0.25) is 5.76 Å². The highest BCUT2D eigenvalue weighted by molar-refractivity contribution is 5.93. The topological polar surface area (TPSA) is 72.6 Å². The second-order valence-electron chi connectivity index (χ2n) is 8.11. The summed E-state index contributed by atoms with van der Waals surface area (Å²) in [6.45, 7) is 6.31. The number of piperidine rings is 1. The maximum absolute atomic E-state index is 13.0. The number of ether oxygens (including phenoxy) is 1. The van der Waals surface area contributed by atoms with Crippen LogP contribution in [0, 0.1) is 0 Å². The van der Waals surface area contributed by atoms with E-state index in [0.717, 1.165) is 37.8 Å². The lowest BCUT2D eigenvalue weighted by molar-refractivity contribution is -0.155. The first-order valence-electron chi connectivity index (χ1n) is 9.31. The number of hydrogen-bond acceptors (Lipinski definition) is 5. The number of esters is 1. The van der Waals surface area contributed by atoms with Gasteiger partial charge in [-0.3, -0.25) is 9.59 Å². The number of rotatable bonds is 5.